The topological polar surface area (TPSA) is 52.6 Å². The molecule has 0 aromatic rings. The molecule has 0 spiro atoms. The number of carbonyl (C=O) groups is 2. The van der Waals surface area contributed by atoms with Crippen LogP contribution in [0.3, 0.4) is 0 Å². The van der Waals surface area contributed by atoms with Crippen molar-refractivity contribution in [3.8, 4) is 0 Å². The summed E-state index contributed by atoms with van der Waals surface area (Å²) in [6, 6.07) is 0. The minimum absolute atomic E-state index is 0.111. The van der Waals surface area contributed by atoms with Crippen LogP contribution < -0.4 is 0 Å². The van der Waals surface area contributed by atoms with Crippen LogP contribution >= 0.6 is 21.6 Å². The van der Waals surface area contributed by atoms with Crippen molar-refractivity contribution in [1.29, 1.82) is 0 Å². The third-order valence-electron chi connectivity index (χ3n) is 4.91. The van der Waals surface area contributed by atoms with Crippen LogP contribution in [0.25, 0.3) is 0 Å². The Kier molecular flexibility index (Phi) is 19.7. The van der Waals surface area contributed by atoms with E-state index in [1.54, 1.807) is 21.6 Å². The Hall–Kier alpha value is -0.360. The zero-order valence-electron chi connectivity index (χ0n) is 18.5. The summed E-state index contributed by atoms with van der Waals surface area (Å²) in [6.45, 7) is 9.77. The number of carbonyl (C=O) groups excluding carboxylic acids is 2. The summed E-state index contributed by atoms with van der Waals surface area (Å²) < 4.78 is 10.8. The van der Waals surface area contributed by atoms with E-state index in [9.17, 15) is 9.59 Å². The molecule has 166 valence electrons. The van der Waals surface area contributed by atoms with Gasteiger partial charge in [0.05, 0.1) is 26.1 Å². The van der Waals surface area contributed by atoms with Crippen molar-refractivity contribution >= 4 is 33.5 Å². The lowest BCUT2D eigenvalue weighted by Gasteiger charge is -2.14. The van der Waals surface area contributed by atoms with Crippen LogP contribution in [0.4, 0.5) is 0 Å². The highest BCUT2D eigenvalue weighted by Gasteiger charge is 2.11. The SMILES string of the molecule is CCCCC(CC)COC(=O)CCSSCCC(=O)OCC(CC)CCCC. The first kappa shape index (κ1) is 27.6. The van der Waals surface area contributed by atoms with Crippen LogP contribution in [-0.4, -0.2) is 36.7 Å². The quantitative estimate of drug-likeness (QED) is 0.129. The van der Waals surface area contributed by atoms with E-state index in [1.165, 1.54) is 25.7 Å². The normalized spacial score (nSPS) is 13.1. The minimum Gasteiger partial charge on any atom is -0.465 e. The molecule has 0 amide bonds. The van der Waals surface area contributed by atoms with E-state index >= 15 is 0 Å². The summed E-state index contributed by atoms with van der Waals surface area (Å²) in [5.74, 6) is 2.20. The van der Waals surface area contributed by atoms with Gasteiger partial charge in [0, 0.05) is 11.5 Å². The molecule has 0 fully saturated rings. The Morgan fingerprint density at radius 3 is 1.43 bits per heavy atom. The average Bonchev–Trinajstić information content (AvgIpc) is 2.70. The van der Waals surface area contributed by atoms with E-state index in [-0.39, 0.29) is 11.9 Å². The Bertz CT molecular complexity index is 355. The van der Waals surface area contributed by atoms with Crippen LogP contribution in [0.2, 0.25) is 0 Å². The molecule has 0 saturated carbocycles. The molecule has 0 aliphatic heterocycles. The zero-order valence-corrected chi connectivity index (χ0v) is 20.1. The third kappa shape index (κ3) is 16.6. The molecule has 0 bridgehead atoms. The molecule has 0 N–H and O–H groups in total. The number of esters is 2. The minimum atomic E-state index is -0.111. The Labute approximate surface area is 181 Å². The summed E-state index contributed by atoms with van der Waals surface area (Å²) in [4.78, 5) is 23.6. The van der Waals surface area contributed by atoms with Crippen molar-refractivity contribution < 1.29 is 19.1 Å². The number of unbranched alkanes of at least 4 members (excludes halogenated alkanes) is 2. The maximum atomic E-state index is 11.8. The lowest BCUT2D eigenvalue weighted by atomic mass is 10.0. The van der Waals surface area contributed by atoms with Gasteiger partial charge in [0.2, 0.25) is 0 Å². The molecule has 28 heavy (non-hydrogen) atoms. The highest BCUT2D eigenvalue weighted by molar-refractivity contribution is 8.76. The van der Waals surface area contributed by atoms with Crippen LogP contribution in [0.1, 0.15) is 91.9 Å². The number of hydrogen-bond acceptors (Lipinski definition) is 6. The highest BCUT2D eigenvalue weighted by Crippen LogP contribution is 2.23. The third-order valence-corrected chi connectivity index (χ3v) is 7.32. The Balaban J connectivity index is 3.63. The first-order chi connectivity index (χ1) is 13.6. The van der Waals surface area contributed by atoms with E-state index in [0.717, 1.165) is 37.2 Å². The van der Waals surface area contributed by atoms with Crippen molar-refractivity contribution in [3.05, 3.63) is 0 Å². The summed E-state index contributed by atoms with van der Waals surface area (Å²) in [5.41, 5.74) is 0. The summed E-state index contributed by atoms with van der Waals surface area (Å²) in [7, 11) is 3.25. The predicted molar refractivity (Wildman–Crippen MR) is 123 cm³/mol. The van der Waals surface area contributed by atoms with Crippen molar-refractivity contribution in [2.45, 2.75) is 91.9 Å². The maximum absolute atomic E-state index is 11.8. The molecule has 0 aliphatic rings. The van der Waals surface area contributed by atoms with Crippen LogP contribution in [0, 0.1) is 11.8 Å². The molecular formula is C22H42O4S2. The van der Waals surface area contributed by atoms with Gasteiger partial charge < -0.3 is 9.47 Å². The second-order valence-corrected chi connectivity index (χ2v) is 10.0. The van der Waals surface area contributed by atoms with Crippen molar-refractivity contribution in [3.63, 3.8) is 0 Å². The standard InChI is InChI=1S/C22H42O4S2/c1-5-9-11-19(7-3)17-25-21(23)13-15-27-28-16-14-22(24)26-18-20(8-4)12-10-6-2/h19-20H,5-18H2,1-4H3. The number of hydrogen-bond donors (Lipinski definition) is 0. The molecule has 2 atom stereocenters. The smallest absolute Gasteiger partial charge is 0.306 e. The predicted octanol–water partition coefficient (Wildman–Crippen LogP) is 6.67. The first-order valence-corrected chi connectivity index (χ1v) is 13.6. The second-order valence-electron chi connectivity index (χ2n) is 7.34. The van der Waals surface area contributed by atoms with Crippen molar-refractivity contribution in [1.82, 2.24) is 0 Å². The van der Waals surface area contributed by atoms with Gasteiger partial charge in [-0.3, -0.25) is 9.59 Å². The van der Waals surface area contributed by atoms with E-state index in [2.05, 4.69) is 27.7 Å². The maximum Gasteiger partial charge on any atom is 0.306 e. The molecule has 0 aliphatic carbocycles. The lowest BCUT2D eigenvalue weighted by molar-refractivity contribution is -0.145. The monoisotopic (exact) mass is 434 g/mol. The fraction of sp³-hybridized carbons (Fsp3) is 0.909. The number of ether oxygens (including phenoxy) is 2. The van der Waals surface area contributed by atoms with Crippen LogP contribution in [0.5, 0.6) is 0 Å². The molecule has 0 heterocycles. The molecule has 0 aromatic carbocycles. The van der Waals surface area contributed by atoms with Crippen LogP contribution in [0.15, 0.2) is 0 Å². The fourth-order valence-electron chi connectivity index (χ4n) is 2.73. The van der Waals surface area contributed by atoms with Gasteiger partial charge in [-0.15, -0.1) is 0 Å². The van der Waals surface area contributed by atoms with Gasteiger partial charge in [-0.1, -0.05) is 87.8 Å². The summed E-state index contributed by atoms with van der Waals surface area (Å²) in [6.07, 6.45) is 10.0. The molecule has 0 aromatic heterocycles. The molecule has 4 nitrogen and oxygen atoms in total. The van der Waals surface area contributed by atoms with E-state index in [0.29, 0.717) is 37.9 Å². The van der Waals surface area contributed by atoms with Crippen molar-refractivity contribution in [2.75, 3.05) is 24.7 Å². The van der Waals surface area contributed by atoms with E-state index < -0.39 is 0 Å². The first-order valence-electron chi connectivity index (χ1n) is 11.1. The highest BCUT2D eigenvalue weighted by atomic mass is 33.1. The zero-order chi connectivity index (χ0) is 21.0. The molecule has 2 unspecified atom stereocenters. The van der Waals surface area contributed by atoms with Crippen molar-refractivity contribution in [2.24, 2.45) is 11.8 Å². The summed E-state index contributed by atoms with van der Waals surface area (Å²) >= 11 is 0. The van der Waals surface area contributed by atoms with Gasteiger partial charge in [-0.05, 0) is 24.7 Å². The van der Waals surface area contributed by atoms with Gasteiger partial charge in [-0.25, -0.2) is 0 Å². The van der Waals surface area contributed by atoms with Gasteiger partial charge in [0.25, 0.3) is 0 Å². The largest absolute Gasteiger partial charge is 0.465 e. The van der Waals surface area contributed by atoms with Gasteiger partial charge >= 0.3 is 11.9 Å². The molecular weight excluding hydrogens is 392 g/mol. The van der Waals surface area contributed by atoms with E-state index in [1.807, 2.05) is 0 Å². The van der Waals surface area contributed by atoms with Gasteiger partial charge in [0.15, 0.2) is 0 Å². The van der Waals surface area contributed by atoms with Gasteiger partial charge in [0.1, 0.15) is 0 Å². The Morgan fingerprint density at radius 2 is 1.11 bits per heavy atom. The summed E-state index contributed by atoms with van der Waals surface area (Å²) in [5, 5.41) is 0. The molecule has 0 radical (unpaired) electrons. The number of rotatable bonds is 19. The fourth-order valence-corrected chi connectivity index (χ4v) is 4.67. The molecule has 0 rings (SSSR count). The lowest BCUT2D eigenvalue weighted by Crippen LogP contribution is -2.14. The Morgan fingerprint density at radius 1 is 0.714 bits per heavy atom. The van der Waals surface area contributed by atoms with Crippen LogP contribution in [-0.2, 0) is 19.1 Å². The molecule has 0 saturated heterocycles. The molecule has 6 heteroatoms. The second kappa shape index (κ2) is 19.9. The van der Waals surface area contributed by atoms with Gasteiger partial charge in [-0.2, -0.15) is 0 Å². The average molecular weight is 435 g/mol. The van der Waals surface area contributed by atoms with E-state index in [4.69, 9.17) is 9.47 Å².